The van der Waals surface area contributed by atoms with E-state index in [1.54, 1.807) is 12.1 Å². The van der Waals surface area contributed by atoms with E-state index in [1.165, 1.54) is 10.4 Å². The molecule has 0 fully saturated rings. The van der Waals surface area contributed by atoms with Gasteiger partial charge in [-0.3, -0.25) is 9.10 Å². The summed E-state index contributed by atoms with van der Waals surface area (Å²) in [7, 11) is -3.57. The van der Waals surface area contributed by atoms with Crippen LogP contribution < -0.4 is 14.5 Å². The van der Waals surface area contributed by atoms with Crippen molar-refractivity contribution in [2.45, 2.75) is 33.2 Å². The van der Waals surface area contributed by atoms with Crippen molar-refractivity contribution in [2.75, 3.05) is 35.1 Å². The Morgan fingerprint density at radius 2 is 1.68 bits per heavy atom. The average Bonchev–Trinajstić information content (AvgIpc) is 2.72. The van der Waals surface area contributed by atoms with Gasteiger partial charge in [-0.15, -0.1) is 0 Å². The Morgan fingerprint density at radius 1 is 1.03 bits per heavy atom. The predicted molar refractivity (Wildman–Crippen MR) is 130 cm³/mol. The molecule has 0 saturated carbocycles. The topological polar surface area (TPSA) is 69.7 Å². The lowest BCUT2D eigenvalue weighted by molar-refractivity contribution is -0.121. The van der Waals surface area contributed by atoms with E-state index in [2.05, 4.69) is 24.1 Å². The van der Waals surface area contributed by atoms with Gasteiger partial charge < -0.3 is 10.2 Å². The normalized spacial score (nSPS) is 11.3. The molecule has 0 saturated heterocycles. The Bertz CT molecular complexity index is 978. The summed E-state index contributed by atoms with van der Waals surface area (Å²) in [5.74, 6) is -0.140. The Balaban J connectivity index is 1.89. The number of carbonyl (C=O) groups is 1. The third kappa shape index (κ3) is 7.59. The minimum absolute atomic E-state index is 0.130. The van der Waals surface area contributed by atoms with Crippen LogP contribution in [0.1, 0.15) is 32.3 Å². The summed E-state index contributed by atoms with van der Waals surface area (Å²) >= 11 is 12.1. The summed E-state index contributed by atoms with van der Waals surface area (Å²) in [5, 5.41) is 3.55. The quantitative estimate of drug-likeness (QED) is 0.500. The van der Waals surface area contributed by atoms with E-state index in [0.29, 0.717) is 23.7 Å². The van der Waals surface area contributed by atoms with Crippen LogP contribution >= 0.6 is 23.2 Å². The fourth-order valence-corrected chi connectivity index (χ4v) is 4.63. The number of benzene rings is 2. The summed E-state index contributed by atoms with van der Waals surface area (Å²) in [6.07, 6.45) is 1.65. The van der Waals surface area contributed by atoms with Gasteiger partial charge in [-0.2, -0.15) is 0 Å². The minimum atomic E-state index is -3.57. The number of hydrogen-bond donors (Lipinski definition) is 1. The minimum Gasteiger partial charge on any atom is -0.372 e. The van der Waals surface area contributed by atoms with Crippen molar-refractivity contribution in [3.8, 4) is 0 Å². The van der Waals surface area contributed by atoms with Crippen molar-refractivity contribution >= 4 is 50.5 Å². The number of halogens is 2. The first-order valence-corrected chi connectivity index (χ1v) is 12.8. The van der Waals surface area contributed by atoms with Gasteiger partial charge in [0, 0.05) is 43.3 Å². The zero-order chi connectivity index (χ0) is 23.0. The van der Waals surface area contributed by atoms with E-state index in [9.17, 15) is 13.2 Å². The zero-order valence-electron chi connectivity index (χ0n) is 18.1. The number of anilines is 2. The molecule has 2 aromatic rings. The van der Waals surface area contributed by atoms with Gasteiger partial charge in [-0.05, 0) is 56.2 Å². The van der Waals surface area contributed by atoms with Crippen molar-refractivity contribution in [3.63, 3.8) is 0 Å². The van der Waals surface area contributed by atoms with Gasteiger partial charge in [0.1, 0.15) is 0 Å². The third-order valence-corrected chi connectivity index (χ3v) is 6.63. The van der Waals surface area contributed by atoms with Crippen LogP contribution in [0.3, 0.4) is 0 Å². The van der Waals surface area contributed by atoms with Crippen molar-refractivity contribution in [3.05, 3.63) is 58.1 Å². The molecule has 0 aliphatic heterocycles. The fourth-order valence-electron chi connectivity index (χ4n) is 3.23. The van der Waals surface area contributed by atoms with Crippen LogP contribution in [0.15, 0.2) is 42.5 Å². The van der Waals surface area contributed by atoms with Gasteiger partial charge in [-0.1, -0.05) is 35.3 Å². The second-order valence-electron chi connectivity index (χ2n) is 7.15. The highest BCUT2D eigenvalue weighted by Crippen LogP contribution is 2.30. The monoisotopic (exact) mass is 485 g/mol. The van der Waals surface area contributed by atoms with E-state index in [4.69, 9.17) is 23.2 Å². The lowest BCUT2D eigenvalue weighted by atomic mass is 10.2. The molecule has 0 spiro atoms. The van der Waals surface area contributed by atoms with Gasteiger partial charge in [0.25, 0.3) is 0 Å². The van der Waals surface area contributed by atoms with Crippen LogP contribution in [0.4, 0.5) is 11.4 Å². The second kappa shape index (κ2) is 11.6. The molecule has 170 valence electrons. The Labute approximate surface area is 195 Å². The largest absolute Gasteiger partial charge is 0.372 e. The maximum absolute atomic E-state index is 12.2. The van der Waals surface area contributed by atoms with Gasteiger partial charge in [0.2, 0.25) is 15.9 Å². The molecule has 31 heavy (non-hydrogen) atoms. The second-order valence-corrected chi connectivity index (χ2v) is 9.90. The predicted octanol–water partition coefficient (Wildman–Crippen LogP) is 4.70. The van der Waals surface area contributed by atoms with Gasteiger partial charge in [-0.25, -0.2) is 8.42 Å². The molecular weight excluding hydrogens is 457 g/mol. The van der Waals surface area contributed by atoms with Crippen LogP contribution in [0.5, 0.6) is 0 Å². The van der Waals surface area contributed by atoms with Crippen LogP contribution in [-0.2, 0) is 21.4 Å². The van der Waals surface area contributed by atoms with Gasteiger partial charge in [0.05, 0.1) is 17.0 Å². The van der Waals surface area contributed by atoms with E-state index in [-0.39, 0.29) is 23.9 Å². The van der Waals surface area contributed by atoms with E-state index in [0.717, 1.165) is 30.6 Å². The Kier molecular flexibility index (Phi) is 9.47. The Morgan fingerprint density at radius 3 is 2.26 bits per heavy atom. The highest BCUT2D eigenvalue weighted by Gasteiger charge is 2.20. The van der Waals surface area contributed by atoms with Crippen LogP contribution in [-0.4, -0.2) is 40.2 Å². The van der Waals surface area contributed by atoms with E-state index in [1.807, 2.05) is 24.3 Å². The number of hydrogen-bond acceptors (Lipinski definition) is 4. The third-order valence-electron chi connectivity index (χ3n) is 4.90. The summed E-state index contributed by atoms with van der Waals surface area (Å²) in [6, 6.07) is 12.7. The number of sulfonamides is 1. The smallest absolute Gasteiger partial charge is 0.232 e. The number of nitrogens with one attached hydrogen (secondary N) is 1. The van der Waals surface area contributed by atoms with Crippen molar-refractivity contribution in [1.82, 2.24) is 5.32 Å². The molecule has 9 heteroatoms. The molecule has 2 rings (SSSR count). The van der Waals surface area contributed by atoms with Gasteiger partial charge in [0.15, 0.2) is 0 Å². The first kappa shape index (κ1) is 25.3. The van der Waals surface area contributed by atoms with E-state index >= 15 is 0 Å². The lowest BCUT2D eigenvalue weighted by Crippen LogP contribution is -2.32. The van der Waals surface area contributed by atoms with Gasteiger partial charge >= 0.3 is 0 Å². The molecule has 1 amide bonds. The summed E-state index contributed by atoms with van der Waals surface area (Å²) in [6.45, 7) is 6.67. The molecule has 0 aromatic heterocycles. The number of carbonyl (C=O) groups excluding carboxylic acids is 1. The Hall–Kier alpha value is -1.96. The first-order valence-electron chi connectivity index (χ1n) is 10.2. The highest BCUT2D eigenvalue weighted by atomic mass is 35.5. The molecule has 0 bridgehead atoms. The summed E-state index contributed by atoms with van der Waals surface area (Å²) in [4.78, 5) is 14.5. The van der Waals surface area contributed by atoms with Crippen molar-refractivity contribution < 1.29 is 13.2 Å². The zero-order valence-corrected chi connectivity index (χ0v) is 20.4. The summed E-state index contributed by atoms with van der Waals surface area (Å²) in [5.41, 5.74) is 2.47. The number of rotatable bonds is 11. The van der Waals surface area contributed by atoms with Crippen LogP contribution in [0.25, 0.3) is 0 Å². The number of amides is 1. The molecule has 0 heterocycles. The van der Waals surface area contributed by atoms with E-state index < -0.39 is 10.0 Å². The molecular formula is C22H29Cl2N3O3S. The molecule has 0 unspecified atom stereocenters. The summed E-state index contributed by atoms with van der Waals surface area (Å²) < 4.78 is 25.6. The molecule has 1 N–H and O–H groups in total. The molecule has 0 aliphatic carbocycles. The van der Waals surface area contributed by atoms with Crippen molar-refractivity contribution in [2.24, 2.45) is 0 Å². The lowest BCUT2D eigenvalue weighted by Gasteiger charge is -2.23. The molecule has 6 nitrogen and oxygen atoms in total. The van der Waals surface area contributed by atoms with Crippen LogP contribution in [0, 0.1) is 0 Å². The first-order chi connectivity index (χ1) is 14.7. The van der Waals surface area contributed by atoms with Crippen molar-refractivity contribution in [1.29, 1.82) is 0 Å². The van der Waals surface area contributed by atoms with Crippen LogP contribution in [0.2, 0.25) is 10.0 Å². The highest BCUT2D eigenvalue weighted by molar-refractivity contribution is 7.92. The SMILES string of the molecule is CCN(CC)c1ccc(CNC(=O)CCCN(c2cc(Cl)ccc2Cl)S(C)(=O)=O)cc1. The molecule has 2 aromatic carbocycles. The standard InChI is InChI=1S/C22H29Cl2N3O3S/c1-4-26(5-2)19-11-8-17(9-12-19)16-25-22(28)7-6-14-27(31(3,29)30)21-15-18(23)10-13-20(21)24/h8-13,15H,4-7,14,16H2,1-3H3,(H,25,28). The maximum atomic E-state index is 12.2. The maximum Gasteiger partial charge on any atom is 0.232 e. The fraction of sp³-hybridized carbons (Fsp3) is 0.409. The number of nitrogens with zero attached hydrogens (tertiary/aromatic N) is 2. The molecule has 0 aliphatic rings. The average molecular weight is 486 g/mol. The molecule has 0 radical (unpaired) electrons. The molecule has 0 atom stereocenters.